The molecule has 3 rings (SSSR count). The molecular formula is C17H32N8O7S. The SMILES string of the molecule is CCN1Cc2c(cnn2C)N(OS(=O)(=O)O)C1=O.CN=CNOC(N)=O.NC1CCCCC1. The first kappa shape index (κ1) is 28.1. The number of nitrogens with one attached hydrogen (secondary N) is 1. The number of aryl methyl sites for hydroxylation is 1. The first-order valence-corrected chi connectivity index (χ1v) is 11.5. The number of carbonyl (C=O) groups excluding carboxylic acids is 2. The monoisotopic (exact) mass is 492 g/mol. The molecule has 15 nitrogen and oxygen atoms in total. The molecule has 1 aromatic heterocycles. The maximum Gasteiger partial charge on any atom is 0.428 e. The van der Waals surface area contributed by atoms with E-state index in [9.17, 15) is 18.0 Å². The number of aromatic nitrogens is 2. The van der Waals surface area contributed by atoms with Gasteiger partial charge in [0, 0.05) is 26.7 Å². The van der Waals surface area contributed by atoms with Crippen LogP contribution in [0.2, 0.25) is 0 Å². The van der Waals surface area contributed by atoms with Crippen LogP contribution in [-0.4, -0.2) is 65.7 Å². The van der Waals surface area contributed by atoms with Crippen molar-refractivity contribution in [1.29, 1.82) is 0 Å². The molecule has 33 heavy (non-hydrogen) atoms. The molecule has 0 unspecified atom stereocenters. The number of hydrogen-bond donors (Lipinski definition) is 4. The van der Waals surface area contributed by atoms with Crippen LogP contribution in [0.3, 0.4) is 0 Å². The second kappa shape index (κ2) is 13.6. The van der Waals surface area contributed by atoms with Crippen LogP contribution in [0.4, 0.5) is 15.3 Å². The van der Waals surface area contributed by atoms with Crippen LogP contribution in [0.1, 0.15) is 44.7 Å². The summed E-state index contributed by atoms with van der Waals surface area (Å²) >= 11 is 0. The highest BCUT2D eigenvalue weighted by molar-refractivity contribution is 7.81. The average molecular weight is 493 g/mol. The van der Waals surface area contributed by atoms with Gasteiger partial charge in [0.15, 0.2) is 0 Å². The third-order valence-electron chi connectivity index (χ3n) is 4.58. The number of hydroxylamine groups is 2. The Hall–Kier alpha value is -2.95. The van der Waals surface area contributed by atoms with E-state index in [0.29, 0.717) is 29.9 Å². The van der Waals surface area contributed by atoms with Gasteiger partial charge in [-0.05, 0) is 19.8 Å². The number of amides is 3. The van der Waals surface area contributed by atoms with Gasteiger partial charge < -0.3 is 21.2 Å². The average Bonchev–Trinajstić information content (AvgIpc) is 3.11. The maximum atomic E-state index is 11.9. The fourth-order valence-electron chi connectivity index (χ4n) is 2.97. The van der Waals surface area contributed by atoms with Crippen LogP contribution in [0.5, 0.6) is 0 Å². The third-order valence-corrected chi connectivity index (χ3v) is 4.92. The number of urea groups is 1. The van der Waals surface area contributed by atoms with Crippen LogP contribution in [-0.2, 0) is 33.1 Å². The van der Waals surface area contributed by atoms with Crippen molar-refractivity contribution in [1.82, 2.24) is 20.2 Å². The number of rotatable bonds is 5. The predicted octanol–water partition coefficient (Wildman–Crippen LogP) is 0.439. The van der Waals surface area contributed by atoms with Gasteiger partial charge in [0.1, 0.15) is 12.0 Å². The fraction of sp³-hybridized carbons (Fsp3) is 0.647. The van der Waals surface area contributed by atoms with Gasteiger partial charge in [0.25, 0.3) is 0 Å². The lowest BCUT2D eigenvalue weighted by Gasteiger charge is -2.32. The van der Waals surface area contributed by atoms with E-state index < -0.39 is 22.5 Å². The summed E-state index contributed by atoms with van der Waals surface area (Å²) < 4.78 is 36.0. The second-order valence-corrected chi connectivity index (χ2v) is 8.02. The molecule has 188 valence electrons. The van der Waals surface area contributed by atoms with Gasteiger partial charge in [-0.25, -0.2) is 15.1 Å². The number of aliphatic imine (C=N–C) groups is 1. The Balaban J connectivity index is 0.000000300. The Morgan fingerprint density at radius 3 is 2.48 bits per heavy atom. The summed E-state index contributed by atoms with van der Waals surface area (Å²) in [5, 5.41) is 4.44. The standard InChI is InChI=1S/C8H12N4O5S.C6H13N.C3H7N3O2/c1-3-11-5-7-6(4-9-10(7)2)12(8(11)13)17-18(14,15)16;7-6-4-2-1-3-5-6;1-5-2-6-8-3(4)7/h4H,3,5H2,1-2H3,(H,14,15,16);6H,1-5,7H2;2H,1H3,(H2,4,7)(H,5,6). The summed E-state index contributed by atoms with van der Waals surface area (Å²) in [7, 11) is -1.59. The Bertz CT molecular complexity index is 899. The number of anilines is 1. The third kappa shape index (κ3) is 10.0. The van der Waals surface area contributed by atoms with Crippen molar-refractivity contribution in [2.75, 3.05) is 18.7 Å². The summed E-state index contributed by atoms with van der Waals surface area (Å²) in [6, 6.07) is -0.135. The minimum atomic E-state index is -4.78. The van der Waals surface area contributed by atoms with E-state index in [1.807, 2.05) is 0 Å². The minimum absolute atomic E-state index is 0.199. The minimum Gasteiger partial charge on any atom is -0.333 e. The van der Waals surface area contributed by atoms with E-state index in [2.05, 4.69) is 30.4 Å². The van der Waals surface area contributed by atoms with E-state index in [1.165, 1.54) is 61.3 Å². The highest BCUT2D eigenvalue weighted by atomic mass is 32.3. The van der Waals surface area contributed by atoms with Gasteiger partial charge in [0.05, 0.1) is 18.4 Å². The van der Waals surface area contributed by atoms with E-state index in [0.717, 1.165) is 0 Å². The molecule has 1 aromatic rings. The molecule has 0 aromatic carbocycles. The largest absolute Gasteiger partial charge is 0.428 e. The smallest absolute Gasteiger partial charge is 0.333 e. The zero-order chi connectivity index (χ0) is 25.0. The van der Waals surface area contributed by atoms with Crippen LogP contribution >= 0.6 is 0 Å². The summed E-state index contributed by atoms with van der Waals surface area (Å²) in [4.78, 5) is 30.5. The maximum absolute atomic E-state index is 11.9. The number of fused-ring (bicyclic) bond motifs is 1. The Morgan fingerprint density at radius 2 is 2.03 bits per heavy atom. The van der Waals surface area contributed by atoms with Crippen molar-refractivity contribution in [2.45, 2.75) is 51.6 Å². The molecule has 1 fully saturated rings. The first-order chi connectivity index (χ1) is 15.5. The molecule has 1 aliphatic carbocycles. The molecule has 1 aliphatic heterocycles. The van der Waals surface area contributed by atoms with Crippen molar-refractivity contribution in [2.24, 2.45) is 23.5 Å². The zero-order valence-corrected chi connectivity index (χ0v) is 19.7. The van der Waals surface area contributed by atoms with E-state index in [1.54, 1.807) is 14.0 Å². The second-order valence-electron chi connectivity index (χ2n) is 7.02. The van der Waals surface area contributed by atoms with Crippen molar-refractivity contribution >= 4 is 34.5 Å². The van der Waals surface area contributed by atoms with Crippen LogP contribution in [0.15, 0.2) is 11.2 Å². The summed E-state index contributed by atoms with van der Waals surface area (Å²) in [6.45, 7) is 2.41. The number of nitrogens with zero attached hydrogens (tertiary/aromatic N) is 5. The highest BCUT2D eigenvalue weighted by Crippen LogP contribution is 2.28. The molecule has 2 aliphatic rings. The molecular weight excluding hydrogens is 460 g/mol. The van der Waals surface area contributed by atoms with Gasteiger partial charge in [-0.2, -0.15) is 13.5 Å². The van der Waals surface area contributed by atoms with Crippen LogP contribution in [0.25, 0.3) is 0 Å². The van der Waals surface area contributed by atoms with E-state index >= 15 is 0 Å². The molecule has 16 heteroatoms. The van der Waals surface area contributed by atoms with Crippen molar-refractivity contribution < 1.29 is 31.7 Å². The molecule has 0 bridgehead atoms. The normalized spacial score (nSPS) is 16.3. The van der Waals surface area contributed by atoms with Crippen molar-refractivity contribution in [3.05, 3.63) is 11.9 Å². The number of carbonyl (C=O) groups is 2. The molecule has 6 N–H and O–H groups in total. The summed E-state index contributed by atoms with van der Waals surface area (Å²) in [6.07, 6.45) is 8.27. The van der Waals surface area contributed by atoms with Crippen molar-refractivity contribution in [3.8, 4) is 0 Å². The molecule has 0 atom stereocenters. The lowest BCUT2D eigenvalue weighted by atomic mass is 9.97. The van der Waals surface area contributed by atoms with Gasteiger partial charge in [0.2, 0.25) is 0 Å². The van der Waals surface area contributed by atoms with Gasteiger partial charge >= 0.3 is 22.5 Å². The zero-order valence-electron chi connectivity index (χ0n) is 18.9. The van der Waals surface area contributed by atoms with E-state index in [-0.39, 0.29) is 5.69 Å². The predicted molar refractivity (Wildman–Crippen MR) is 119 cm³/mol. The Morgan fingerprint density at radius 1 is 1.39 bits per heavy atom. The number of hydrogen-bond acceptors (Lipinski definition) is 9. The summed E-state index contributed by atoms with van der Waals surface area (Å²) in [5.41, 5.74) is 13.1. The summed E-state index contributed by atoms with van der Waals surface area (Å²) in [5.74, 6) is 0. The molecule has 3 amide bonds. The van der Waals surface area contributed by atoms with Crippen molar-refractivity contribution in [3.63, 3.8) is 0 Å². The van der Waals surface area contributed by atoms with Crippen LogP contribution < -0.4 is 22.0 Å². The lowest BCUT2D eigenvalue weighted by molar-refractivity contribution is 0.132. The molecule has 1 saturated carbocycles. The number of nitrogens with two attached hydrogens (primary N) is 2. The van der Waals surface area contributed by atoms with Crippen LogP contribution in [0, 0.1) is 0 Å². The molecule has 2 heterocycles. The lowest BCUT2D eigenvalue weighted by Crippen LogP contribution is -2.47. The van der Waals surface area contributed by atoms with Gasteiger partial charge in [-0.1, -0.05) is 19.3 Å². The molecule has 0 spiro atoms. The molecule has 0 radical (unpaired) electrons. The first-order valence-electron chi connectivity index (χ1n) is 10.1. The number of primary amides is 1. The van der Waals surface area contributed by atoms with Gasteiger partial charge in [-0.15, -0.1) is 9.35 Å². The quantitative estimate of drug-likeness (QED) is 0.193. The van der Waals surface area contributed by atoms with Gasteiger partial charge in [-0.3, -0.25) is 14.2 Å². The Kier molecular flexibility index (Phi) is 11.5. The highest BCUT2D eigenvalue weighted by Gasteiger charge is 2.35. The van der Waals surface area contributed by atoms with E-state index in [4.69, 9.17) is 10.3 Å². The Labute approximate surface area is 192 Å². The molecule has 0 saturated heterocycles. The fourth-order valence-corrected chi connectivity index (χ4v) is 3.30. The topological polar surface area (TPSA) is 208 Å².